The molecule has 0 bridgehead atoms. The molecule has 0 saturated heterocycles. The lowest BCUT2D eigenvalue weighted by molar-refractivity contribution is -0.120. The van der Waals surface area contributed by atoms with E-state index in [0.717, 1.165) is 22.4 Å². The molecule has 0 fully saturated rings. The predicted molar refractivity (Wildman–Crippen MR) is 75.7 cm³/mol. The van der Waals surface area contributed by atoms with E-state index in [0.29, 0.717) is 13.0 Å². The summed E-state index contributed by atoms with van der Waals surface area (Å²) >= 11 is 0. The number of nitrogens with zero attached hydrogens (tertiary/aromatic N) is 1. The van der Waals surface area contributed by atoms with Gasteiger partial charge in [-0.05, 0) is 36.6 Å². The minimum absolute atomic E-state index is 0.0369. The first kappa shape index (κ1) is 13.3. The van der Waals surface area contributed by atoms with E-state index in [2.05, 4.69) is 10.3 Å². The van der Waals surface area contributed by atoms with E-state index in [-0.39, 0.29) is 5.91 Å². The standard InChI is InChI=1S/C16H18N2O/c1-12-5-3-4-6-15(12)9-16(19)18-11-14-8-7-13(2)17-10-14/h3-8,10H,9,11H2,1-2H3,(H,18,19). The number of carbonyl (C=O) groups is 1. The Balaban J connectivity index is 1.88. The van der Waals surface area contributed by atoms with Gasteiger partial charge in [-0.15, -0.1) is 0 Å². The molecule has 98 valence electrons. The van der Waals surface area contributed by atoms with Crippen molar-refractivity contribution < 1.29 is 4.79 Å². The molecule has 0 radical (unpaired) electrons. The van der Waals surface area contributed by atoms with Gasteiger partial charge in [0.1, 0.15) is 0 Å². The maximum atomic E-state index is 11.9. The van der Waals surface area contributed by atoms with Crippen molar-refractivity contribution in [3.63, 3.8) is 0 Å². The van der Waals surface area contributed by atoms with E-state index < -0.39 is 0 Å². The minimum Gasteiger partial charge on any atom is -0.352 e. The van der Waals surface area contributed by atoms with Gasteiger partial charge in [0.25, 0.3) is 0 Å². The third-order valence-corrected chi connectivity index (χ3v) is 3.07. The molecule has 0 saturated carbocycles. The number of hydrogen-bond acceptors (Lipinski definition) is 2. The van der Waals surface area contributed by atoms with Gasteiger partial charge in [-0.2, -0.15) is 0 Å². The lowest BCUT2D eigenvalue weighted by atomic mass is 10.1. The molecule has 0 aliphatic carbocycles. The number of pyridine rings is 1. The molecule has 1 N–H and O–H groups in total. The summed E-state index contributed by atoms with van der Waals surface area (Å²) in [6.45, 7) is 4.49. The van der Waals surface area contributed by atoms with E-state index in [9.17, 15) is 4.79 Å². The lowest BCUT2D eigenvalue weighted by Crippen LogP contribution is -2.24. The second-order valence-electron chi connectivity index (χ2n) is 4.69. The molecule has 1 aromatic carbocycles. The van der Waals surface area contributed by atoms with Gasteiger partial charge >= 0.3 is 0 Å². The number of carbonyl (C=O) groups excluding carboxylic acids is 1. The Kier molecular flexibility index (Phi) is 4.29. The third kappa shape index (κ3) is 3.91. The van der Waals surface area contributed by atoms with Gasteiger partial charge in [0, 0.05) is 18.4 Å². The molecule has 19 heavy (non-hydrogen) atoms. The molecule has 1 amide bonds. The van der Waals surface area contributed by atoms with Crippen LogP contribution in [0, 0.1) is 13.8 Å². The summed E-state index contributed by atoms with van der Waals surface area (Å²) in [6, 6.07) is 11.9. The van der Waals surface area contributed by atoms with Gasteiger partial charge in [0.2, 0.25) is 5.91 Å². The number of rotatable bonds is 4. The van der Waals surface area contributed by atoms with Crippen molar-refractivity contribution in [1.82, 2.24) is 10.3 Å². The second-order valence-corrected chi connectivity index (χ2v) is 4.69. The van der Waals surface area contributed by atoms with Crippen molar-refractivity contribution in [2.75, 3.05) is 0 Å². The smallest absolute Gasteiger partial charge is 0.224 e. The van der Waals surface area contributed by atoms with Crippen LogP contribution in [0.4, 0.5) is 0 Å². The number of benzene rings is 1. The molecule has 0 spiro atoms. The first-order valence-corrected chi connectivity index (χ1v) is 6.38. The maximum absolute atomic E-state index is 11.9. The molecule has 3 nitrogen and oxygen atoms in total. The molecule has 2 rings (SSSR count). The van der Waals surface area contributed by atoms with Crippen LogP contribution in [0.2, 0.25) is 0 Å². The Hall–Kier alpha value is -2.16. The zero-order valence-corrected chi connectivity index (χ0v) is 11.3. The Morgan fingerprint density at radius 3 is 2.63 bits per heavy atom. The van der Waals surface area contributed by atoms with Crippen LogP contribution >= 0.6 is 0 Å². The fourth-order valence-electron chi connectivity index (χ4n) is 1.85. The van der Waals surface area contributed by atoms with Gasteiger partial charge in [-0.1, -0.05) is 30.3 Å². The van der Waals surface area contributed by atoms with Gasteiger partial charge in [-0.25, -0.2) is 0 Å². The summed E-state index contributed by atoms with van der Waals surface area (Å²) in [4.78, 5) is 16.1. The maximum Gasteiger partial charge on any atom is 0.224 e. The van der Waals surface area contributed by atoms with Crippen molar-refractivity contribution >= 4 is 5.91 Å². The van der Waals surface area contributed by atoms with Gasteiger partial charge in [-0.3, -0.25) is 9.78 Å². The lowest BCUT2D eigenvalue weighted by Gasteiger charge is -2.07. The van der Waals surface area contributed by atoms with Crippen molar-refractivity contribution in [1.29, 1.82) is 0 Å². The van der Waals surface area contributed by atoms with Crippen LogP contribution in [0.1, 0.15) is 22.4 Å². The molecule has 1 heterocycles. The Morgan fingerprint density at radius 1 is 1.16 bits per heavy atom. The van der Waals surface area contributed by atoms with Crippen LogP contribution in [0.3, 0.4) is 0 Å². The molecular formula is C16H18N2O. The van der Waals surface area contributed by atoms with Gasteiger partial charge in [0.15, 0.2) is 0 Å². The quantitative estimate of drug-likeness (QED) is 0.911. The molecular weight excluding hydrogens is 236 g/mol. The highest BCUT2D eigenvalue weighted by Gasteiger charge is 2.05. The topological polar surface area (TPSA) is 42.0 Å². The number of aromatic nitrogens is 1. The van der Waals surface area contributed by atoms with Gasteiger partial charge in [0.05, 0.1) is 6.42 Å². The SMILES string of the molecule is Cc1ccc(CNC(=O)Cc2ccccc2C)cn1. The zero-order valence-electron chi connectivity index (χ0n) is 11.3. The molecule has 0 unspecified atom stereocenters. The molecule has 3 heteroatoms. The van der Waals surface area contributed by atoms with Crippen molar-refractivity contribution in [3.05, 3.63) is 65.0 Å². The summed E-state index contributed by atoms with van der Waals surface area (Å²) in [5, 5.41) is 2.92. The number of hydrogen-bond donors (Lipinski definition) is 1. The van der Waals surface area contributed by atoms with Crippen molar-refractivity contribution in [3.8, 4) is 0 Å². The highest BCUT2D eigenvalue weighted by molar-refractivity contribution is 5.78. The van der Waals surface area contributed by atoms with E-state index >= 15 is 0 Å². The summed E-state index contributed by atoms with van der Waals surface area (Å²) in [7, 11) is 0. The normalized spacial score (nSPS) is 10.2. The number of aryl methyl sites for hydroxylation is 2. The van der Waals surface area contributed by atoms with Gasteiger partial charge < -0.3 is 5.32 Å². The van der Waals surface area contributed by atoms with Crippen molar-refractivity contribution in [2.45, 2.75) is 26.8 Å². The van der Waals surface area contributed by atoms with Crippen LogP contribution in [0.5, 0.6) is 0 Å². The summed E-state index contributed by atoms with van der Waals surface area (Å²) < 4.78 is 0. The molecule has 0 aliphatic heterocycles. The van der Waals surface area contributed by atoms with Crippen LogP contribution < -0.4 is 5.32 Å². The first-order valence-electron chi connectivity index (χ1n) is 6.38. The Morgan fingerprint density at radius 2 is 1.95 bits per heavy atom. The van der Waals surface area contributed by atoms with E-state index in [4.69, 9.17) is 0 Å². The first-order chi connectivity index (χ1) is 9.15. The zero-order chi connectivity index (χ0) is 13.7. The monoisotopic (exact) mass is 254 g/mol. The van der Waals surface area contributed by atoms with E-state index in [1.165, 1.54) is 0 Å². The number of nitrogens with one attached hydrogen (secondary N) is 1. The fraction of sp³-hybridized carbons (Fsp3) is 0.250. The molecule has 0 aliphatic rings. The summed E-state index contributed by atoms with van der Waals surface area (Å²) in [5.41, 5.74) is 4.22. The summed E-state index contributed by atoms with van der Waals surface area (Å²) in [5.74, 6) is 0.0369. The van der Waals surface area contributed by atoms with Crippen LogP contribution in [-0.2, 0) is 17.8 Å². The van der Waals surface area contributed by atoms with Crippen LogP contribution in [0.15, 0.2) is 42.6 Å². The highest BCUT2D eigenvalue weighted by atomic mass is 16.1. The fourth-order valence-corrected chi connectivity index (χ4v) is 1.85. The van der Waals surface area contributed by atoms with Crippen LogP contribution in [-0.4, -0.2) is 10.9 Å². The van der Waals surface area contributed by atoms with E-state index in [1.54, 1.807) is 6.20 Å². The Bertz CT molecular complexity index is 561. The van der Waals surface area contributed by atoms with Crippen LogP contribution in [0.25, 0.3) is 0 Å². The molecule has 1 aromatic heterocycles. The molecule has 0 atom stereocenters. The number of amides is 1. The second kappa shape index (κ2) is 6.14. The van der Waals surface area contributed by atoms with E-state index in [1.807, 2.05) is 50.2 Å². The average Bonchev–Trinajstić information content (AvgIpc) is 2.41. The highest BCUT2D eigenvalue weighted by Crippen LogP contribution is 2.07. The Labute approximate surface area is 113 Å². The average molecular weight is 254 g/mol. The molecule has 2 aromatic rings. The predicted octanol–water partition coefficient (Wildman–Crippen LogP) is 2.56. The summed E-state index contributed by atoms with van der Waals surface area (Å²) in [6.07, 6.45) is 2.22. The third-order valence-electron chi connectivity index (χ3n) is 3.07. The largest absolute Gasteiger partial charge is 0.352 e. The van der Waals surface area contributed by atoms with Crippen molar-refractivity contribution in [2.24, 2.45) is 0 Å². The minimum atomic E-state index is 0.0369.